The van der Waals surface area contributed by atoms with Gasteiger partial charge in [-0.05, 0) is 59.8 Å². The zero-order valence-corrected chi connectivity index (χ0v) is 12.1. The summed E-state index contributed by atoms with van der Waals surface area (Å²) in [7, 11) is 0. The summed E-state index contributed by atoms with van der Waals surface area (Å²) in [5.41, 5.74) is 8.91. The Kier molecular flexibility index (Phi) is 4.66. The summed E-state index contributed by atoms with van der Waals surface area (Å²) < 4.78 is 1.03. The van der Waals surface area contributed by atoms with E-state index in [4.69, 9.17) is 5.73 Å². The van der Waals surface area contributed by atoms with E-state index in [9.17, 15) is 0 Å². The van der Waals surface area contributed by atoms with E-state index >= 15 is 0 Å². The number of rotatable bonds is 4. The van der Waals surface area contributed by atoms with Gasteiger partial charge in [-0.25, -0.2) is 0 Å². The molecule has 90 valence electrons. The van der Waals surface area contributed by atoms with Crippen LogP contribution in [0.5, 0.6) is 0 Å². The van der Waals surface area contributed by atoms with Crippen molar-refractivity contribution in [2.45, 2.75) is 40.2 Å². The minimum absolute atomic E-state index is 0.472. The monoisotopic (exact) mass is 284 g/mol. The van der Waals surface area contributed by atoms with E-state index in [2.05, 4.69) is 48.1 Å². The highest BCUT2D eigenvalue weighted by Crippen LogP contribution is 2.28. The Morgan fingerprint density at radius 1 is 1.31 bits per heavy atom. The fourth-order valence-corrected chi connectivity index (χ4v) is 2.31. The molecule has 1 aromatic carbocycles. The lowest BCUT2D eigenvalue weighted by atomic mass is 10.0. The van der Waals surface area contributed by atoms with Crippen molar-refractivity contribution in [2.75, 3.05) is 11.1 Å². The Balaban J connectivity index is 2.77. The zero-order valence-electron chi connectivity index (χ0n) is 10.5. The van der Waals surface area contributed by atoms with Gasteiger partial charge in [-0.2, -0.15) is 0 Å². The SMILES string of the molecule is Cc1cc(NC(C)CC(C)C)c(Br)cc1N. The van der Waals surface area contributed by atoms with Gasteiger partial charge in [0.25, 0.3) is 0 Å². The van der Waals surface area contributed by atoms with Crippen LogP contribution in [0.4, 0.5) is 11.4 Å². The first-order chi connectivity index (χ1) is 7.40. The van der Waals surface area contributed by atoms with Gasteiger partial charge >= 0.3 is 0 Å². The van der Waals surface area contributed by atoms with Gasteiger partial charge in [0.2, 0.25) is 0 Å². The molecule has 1 aromatic rings. The number of benzene rings is 1. The van der Waals surface area contributed by atoms with Crippen molar-refractivity contribution >= 4 is 27.3 Å². The molecule has 1 atom stereocenters. The number of anilines is 2. The first-order valence-electron chi connectivity index (χ1n) is 5.72. The summed E-state index contributed by atoms with van der Waals surface area (Å²) in [6.07, 6.45) is 1.16. The number of nitrogens with one attached hydrogen (secondary N) is 1. The Morgan fingerprint density at radius 3 is 2.50 bits per heavy atom. The van der Waals surface area contributed by atoms with Crippen LogP contribution in [-0.4, -0.2) is 6.04 Å². The molecule has 0 saturated heterocycles. The first kappa shape index (κ1) is 13.4. The fraction of sp³-hybridized carbons (Fsp3) is 0.538. The molecule has 0 aliphatic rings. The molecule has 16 heavy (non-hydrogen) atoms. The maximum atomic E-state index is 5.84. The van der Waals surface area contributed by atoms with Gasteiger partial charge in [-0.3, -0.25) is 0 Å². The van der Waals surface area contributed by atoms with Gasteiger partial charge < -0.3 is 11.1 Å². The summed E-state index contributed by atoms with van der Waals surface area (Å²) in [6.45, 7) is 8.71. The van der Waals surface area contributed by atoms with E-state index < -0.39 is 0 Å². The Labute approximate surface area is 107 Å². The van der Waals surface area contributed by atoms with Crippen LogP contribution in [0.1, 0.15) is 32.8 Å². The third-order valence-electron chi connectivity index (χ3n) is 2.58. The molecule has 3 N–H and O–H groups in total. The number of nitrogens with two attached hydrogens (primary N) is 1. The van der Waals surface area contributed by atoms with Crippen molar-refractivity contribution in [1.29, 1.82) is 0 Å². The quantitative estimate of drug-likeness (QED) is 0.814. The third-order valence-corrected chi connectivity index (χ3v) is 3.24. The smallest absolute Gasteiger partial charge is 0.0490 e. The van der Waals surface area contributed by atoms with E-state index in [1.807, 2.05) is 13.0 Å². The topological polar surface area (TPSA) is 38.0 Å². The van der Waals surface area contributed by atoms with Gasteiger partial charge in [0.15, 0.2) is 0 Å². The summed E-state index contributed by atoms with van der Waals surface area (Å²) in [4.78, 5) is 0. The Bertz CT molecular complexity index is 361. The molecular weight excluding hydrogens is 264 g/mol. The molecule has 1 rings (SSSR count). The van der Waals surface area contributed by atoms with Crippen molar-refractivity contribution in [3.05, 3.63) is 22.2 Å². The van der Waals surface area contributed by atoms with Crippen LogP contribution in [0.15, 0.2) is 16.6 Å². The second-order valence-electron chi connectivity index (χ2n) is 4.86. The van der Waals surface area contributed by atoms with Crippen molar-refractivity contribution < 1.29 is 0 Å². The molecule has 0 spiro atoms. The average molecular weight is 285 g/mol. The van der Waals surface area contributed by atoms with Gasteiger partial charge in [0, 0.05) is 21.9 Å². The van der Waals surface area contributed by atoms with E-state index in [1.165, 1.54) is 0 Å². The van der Waals surface area contributed by atoms with Crippen molar-refractivity contribution in [2.24, 2.45) is 5.92 Å². The number of aryl methyl sites for hydroxylation is 1. The lowest BCUT2D eigenvalue weighted by Crippen LogP contribution is -2.17. The van der Waals surface area contributed by atoms with Crippen LogP contribution < -0.4 is 11.1 Å². The van der Waals surface area contributed by atoms with E-state index in [-0.39, 0.29) is 0 Å². The molecule has 0 aromatic heterocycles. The molecule has 0 aliphatic heterocycles. The lowest BCUT2D eigenvalue weighted by Gasteiger charge is -2.19. The lowest BCUT2D eigenvalue weighted by molar-refractivity contribution is 0.539. The molecule has 1 unspecified atom stereocenters. The van der Waals surface area contributed by atoms with Gasteiger partial charge in [-0.15, -0.1) is 0 Å². The Hall–Kier alpha value is -0.700. The number of halogens is 1. The normalized spacial score (nSPS) is 12.9. The van der Waals surface area contributed by atoms with Crippen LogP contribution in [0, 0.1) is 12.8 Å². The van der Waals surface area contributed by atoms with E-state index in [0.717, 1.165) is 27.8 Å². The summed E-state index contributed by atoms with van der Waals surface area (Å²) in [6, 6.07) is 4.52. The van der Waals surface area contributed by atoms with Gasteiger partial charge in [-0.1, -0.05) is 13.8 Å². The van der Waals surface area contributed by atoms with Crippen molar-refractivity contribution in [3.63, 3.8) is 0 Å². The predicted molar refractivity (Wildman–Crippen MR) is 75.8 cm³/mol. The second kappa shape index (κ2) is 5.58. The molecule has 3 heteroatoms. The molecule has 2 nitrogen and oxygen atoms in total. The molecule has 0 aliphatic carbocycles. The maximum absolute atomic E-state index is 5.84. The largest absolute Gasteiger partial charge is 0.398 e. The van der Waals surface area contributed by atoms with Crippen LogP contribution >= 0.6 is 15.9 Å². The van der Waals surface area contributed by atoms with Crippen LogP contribution in [0.3, 0.4) is 0 Å². The summed E-state index contributed by atoms with van der Waals surface area (Å²) >= 11 is 3.53. The molecule has 0 fully saturated rings. The molecule has 0 heterocycles. The highest BCUT2D eigenvalue weighted by molar-refractivity contribution is 9.10. The molecule has 0 bridgehead atoms. The van der Waals surface area contributed by atoms with E-state index in [1.54, 1.807) is 0 Å². The number of hydrogen-bond acceptors (Lipinski definition) is 2. The number of hydrogen-bond donors (Lipinski definition) is 2. The van der Waals surface area contributed by atoms with E-state index in [0.29, 0.717) is 12.0 Å². The standard InChI is InChI=1S/C13H21BrN2/c1-8(2)5-10(4)16-13-6-9(3)12(15)7-11(13)14/h6-8,10,16H,5,15H2,1-4H3. The molecule has 0 saturated carbocycles. The minimum Gasteiger partial charge on any atom is -0.398 e. The second-order valence-corrected chi connectivity index (χ2v) is 5.72. The fourth-order valence-electron chi connectivity index (χ4n) is 1.84. The highest BCUT2D eigenvalue weighted by atomic mass is 79.9. The Morgan fingerprint density at radius 2 is 1.94 bits per heavy atom. The molecular formula is C13H21BrN2. The average Bonchev–Trinajstić information content (AvgIpc) is 2.12. The summed E-state index contributed by atoms with van der Waals surface area (Å²) in [5, 5.41) is 3.51. The van der Waals surface area contributed by atoms with Crippen LogP contribution in [0.2, 0.25) is 0 Å². The zero-order chi connectivity index (χ0) is 12.3. The maximum Gasteiger partial charge on any atom is 0.0490 e. The molecule has 0 amide bonds. The predicted octanol–water partition coefficient (Wildman–Crippen LogP) is 4.19. The molecule has 0 radical (unpaired) electrons. The van der Waals surface area contributed by atoms with Crippen molar-refractivity contribution in [3.8, 4) is 0 Å². The number of nitrogen functional groups attached to an aromatic ring is 1. The van der Waals surface area contributed by atoms with Crippen LogP contribution in [0.25, 0.3) is 0 Å². The first-order valence-corrected chi connectivity index (χ1v) is 6.51. The van der Waals surface area contributed by atoms with Crippen LogP contribution in [-0.2, 0) is 0 Å². The van der Waals surface area contributed by atoms with Gasteiger partial charge in [0.1, 0.15) is 0 Å². The summed E-state index contributed by atoms with van der Waals surface area (Å²) in [5.74, 6) is 0.705. The van der Waals surface area contributed by atoms with Gasteiger partial charge in [0.05, 0.1) is 0 Å². The highest BCUT2D eigenvalue weighted by Gasteiger charge is 2.08. The van der Waals surface area contributed by atoms with Crippen molar-refractivity contribution in [1.82, 2.24) is 0 Å². The minimum atomic E-state index is 0.472. The third kappa shape index (κ3) is 3.71.